The summed E-state index contributed by atoms with van der Waals surface area (Å²) in [5.74, 6) is 0.0415. The second-order valence-electron chi connectivity index (χ2n) is 4.59. The minimum absolute atomic E-state index is 0.0495. The molecular weight excluding hydrogens is 284 g/mol. The highest BCUT2D eigenvalue weighted by Gasteiger charge is 2.29. The van der Waals surface area contributed by atoms with Gasteiger partial charge in [0.25, 0.3) is 11.6 Å². The zero-order chi connectivity index (χ0) is 14.7. The van der Waals surface area contributed by atoms with Crippen LogP contribution >= 0.6 is 11.6 Å². The Morgan fingerprint density at radius 1 is 1.60 bits per heavy atom. The fraction of sp³-hybridized carbons (Fsp3) is 0.462. The van der Waals surface area contributed by atoms with Gasteiger partial charge in [-0.05, 0) is 13.0 Å². The van der Waals surface area contributed by atoms with Crippen LogP contribution in [-0.2, 0) is 4.74 Å². The predicted molar refractivity (Wildman–Crippen MR) is 74.2 cm³/mol. The van der Waals surface area contributed by atoms with Gasteiger partial charge in [0.2, 0.25) is 0 Å². The van der Waals surface area contributed by atoms with E-state index >= 15 is 0 Å². The van der Waals surface area contributed by atoms with Gasteiger partial charge in [-0.25, -0.2) is 0 Å². The normalized spacial score (nSPS) is 18.9. The molecule has 0 radical (unpaired) electrons. The van der Waals surface area contributed by atoms with Crippen LogP contribution < -0.4 is 0 Å². The first-order valence-electron chi connectivity index (χ1n) is 6.25. The van der Waals surface area contributed by atoms with Crippen molar-refractivity contribution in [3.63, 3.8) is 0 Å². The van der Waals surface area contributed by atoms with Crippen molar-refractivity contribution in [3.05, 3.63) is 39.4 Å². The van der Waals surface area contributed by atoms with E-state index in [1.54, 1.807) is 17.9 Å². The Hall–Kier alpha value is -1.66. The fourth-order valence-corrected chi connectivity index (χ4v) is 2.51. The monoisotopic (exact) mass is 298 g/mol. The van der Waals surface area contributed by atoms with E-state index in [2.05, 4.69) is 0 Å². The number of amides is 1. The Bertz CT molecular complexity index is 535. The van der Waals surface area contributed by atoms with E-state index in [1.165, 1.54) is 12.1 Å². The van der Waals surface area contributed by atoms with Gasteiger partial charge in [-0.15, -0.1) is 11.6 Å². The third-order valence-electron chi connectivity index (χ3n) is 3.40. The smallest absolute Gasteiger partial charge is 0.273 e. The van der Waals surface area contributed by atoms with E-state index in [4.69, 9.17) is 16.3 Å². The summed E-state index contributed by atoms with van der Waals surface area (Å²) in [6.07, 6.45) is 0. The molecule has 1 aromatic carbocycles. The van der Waals surface area contributed by atoms with Crippen molar-refractivity contribution in [1.82, 2.24) is 4.90 Å². The molecule has 6 nitrogen and oxygen atoms in total. The topological polar surface area (TPSA) is 72.7 Å². The third kappa shape index (κ3) is 2.76. The Labute approximate surface area is 121 Å². The van der Waals surface area contributed by atoms with Crippen LogP contribution in [0, 0.1) is 17.0 Å². The van der Waals surface area contributed by atoms with Crippen LogP contribution in [0.15, 0.2) is 18.2 Å². The van der Waals surface area contributed by atoms with Gasteiger partial charge in [-0.3, -0.25) is 14.9 Å². The van der Waals surface area contributed by atoms with Gasteiger partial charge in [0.15, 0.2) is 0 Å². The molecule has 0 bridgehead atoms. The Morgan fingerprint density at radius 2 is 2.35 bits per heavy atom. The molecule has 1 aromatic rings. The predicted octanol–water partition coefficient (Wildman–Crippen LogP) is 1.98. The zero-order valence-corrected chi connectivity index (χ0v) is 11.8. The number of morpholine rings is 1. The summed E-state index contributed by atoms with van der Waals surface area (Å²) in [7, 11) is 0. The van der Waals surface area contributed by atoms with E-state index in [0.29, 0.717) is 30.9 Å². The number of ether oxygens (including phenoxy) is 1. The van der Waals surface area contributed by atoms with Gasteiger partial charge < -0.3 is 9.64 Å². The third-order valence-corrected chi connectivity index (χ3v) is 3.76. The number of nitrogens with zero attached hydrogens (tertiary/aromatic N) is 2. The summed E-state index contributed by atoms with van der Waals surface area (Å²) < 4.78 is 5.29. The minimum Gasteiger partial charge on any atom is -0.377 e. The molecule has 0 N–H and O–H groups in total. The average molecular weight is 299 g/mol. The summed E-state index contributed by atoms with van der Waals surface area (Å²) in [4.78, 5) is 24.6. The van der Waals surface area contributed by atoms with Crippen molar-refractivity contribution in [2.75, 3.05) is 25.6 Å². The number of benzene rings is 1. The number of nitro benzene ring substituents is 1. The van der Waals surface area contributed by atoms with Crippen molar-refractivity contribution in [3.8, 4) is 0 Å². The van der Waals surface area contributed by atoms with E-state index < -0.39 is 4.92 Å². The summed E-state index contributed by atoms with van der Waals surface area (Å²) >= 11 is 5.85. The molecule has 1 unspecified atom stereocenters. The quantitative estimate of drug-likeness (QED) is 0.486. The molecule has 1 atom stereocenters. The molecule has 1 heterocycles. The molecule has 0 spiro atoms. The van der Waals surface area contributed by atoms with E-state index in [1.807, 2.05) is 0 Å². The molecule has 1 fully saturated rings. The SMILES string of the molecule is Cc1c(C(=O)N2CCOCC2CCl)cccc1[N+](=O)[O-]. The minimum atomic E-state index is -0.482. The van der Waals surface area contributed by atoms with Gasteiger partial charge in [-0.1, -0.05) is 6.07 Å². The van der Waals surface area contributed by atoms with Crippen molar-refractivity contribution < 1.29 is 14.5 Å². The maximum Gasteiger partial charge on any atom is 0.273 e. The van der Waals surface area contributed by atoms with Crippen LogP contribution in [0.2, 0.25) is 0 Å². The molecule has 108 valence electrons. The number of rotatable bonds is 3. The first kappa shape index (κ1) is 14.7. The number of nitro groups is 1. The number of halogens is 1. The lowest BCUT2D eigenvalue weighted by atomic mass is 10.0. The molecule has 7 heteroatoms. The fourth-order valence-electron chi connectivity index (χ4n) is 2.26. The average Bonchev–Trinajstić information content (AvgIpc) is 2.46. The van der Waals surface area contributed by atoms with Gasteiger partial charge in [0, 0.05) is 29.6 Å². The molecule has 1 amide bonds. The molecule has 0 aliphatic carbocycles. The molecule has 1 aliphatic rings. The van der Waals surface area contributed by atoms with Crippen molar-refractivity contribution >= 4 is 23.2 Å². The lowest BCUT2D eigenvalue weighted by Crippen LogP contribution is -2.49. The highest BCUT2D eigenvalue weighted by Crippen LogP contribution is 2.23. The van der Waals surface area contributed by atoms with E-state index in [0.717, 1.165) is 0 Å². The van der Waals surface area contributed by atoms with E-state index in [-0.39, 0.29) is 23.5 Å². The number of hydrogen-bond acceptors (Lipinski definition) is 4. The second kappa shape index (κ2) is 6.19. The number of hydrogen-bond donors (Lipinski definition) is 0. The maximum atomic E-state index is 12.6. The van der Waals surface area contributed by atoms with Crippen LogP contribution in [0.3, 0.4) is 0 Å². The van der Waals surface area contributed by atoms with Gasteiger partial charge >= 0.3 is 0 Å². The number of carbonyl (C=O) groups excluding carboxylic acids is 1. The van der Waals surface area contributed by atoms with Crippen LogP contribution in [0.4, 0.5) is 5.69 Å². The second-order valence-corrected chi connectivity index (χ2v) is 4.90. The van der Waals surface area contributed by atoms with Crippen LogP contribution in [0.1, 0.15) is 15.9 Å². The molecule has 0 aromatic heterocycles. The van der Waals surface area contributed by atoms with Crippen LogP contribution in [0.5, 0.6) is 0 Å². The highest BCUT2D eigenvalue weighted by atomic mass is 35.5. The largest absolute Gasteiger partial charge is 0.377 e. The number of carbonyl (C=O) groups is 1. The standard InChI is InChI=1S/C13H15ClN2O4/c1-9-11(3-2-4-12(9)16(18)19)13(17)15-5-6-20-8-10(15)7-14/h2-4,10H,5-8H2,1H3. The lowest BCUT2D eigenvalue weighted by molar-refractivity contribution is -0.385. The van der Waals surface area contributed by atoms with Gasteiger partial charge in [0.05, 0.1) is 24.2 Å². The van der Waals surface area contributed by atoms with Crippen molar-refractivity contribution in [2.24, 2.45) is 0 Å². The molecule has 20 heavy (non-hydrogen) atoms. The molecular formula is C13H15ClN2O4. The highest BCUT2D eigenvalue weighted by molar-refractivity contribution is 6.18. The van der Waals surface area contributed by atoms with Gasteiger partial charge in [0.1, 0.15) is 0 Å². The molecule has 2 rings (SSSR count). The van der Waals surface area contributed by atoms with Crippen LogP contribution in [-0.4, -0.2) is 47.4 Å². The van der Waals surface area contributed by atoms with Crippen LogP contribution in [0.25, 0.3) is 0 Å². The summed E-state index contributed by atoms with van der Waals surface area (Å²) in [5.41, 5.74) is 0.671. The number of alkyl halides is 1. The lowest BCUT2D eigenvalue weighted by Gasteiger charge is -2.34. The molecule has 0 saturated carbocycles. The molecule has 1 saturated heterocycles. The Kier molecular flexibility index (Phi) is 4.57. The van der Waals surface area contributed by atoms with Gasteiger partial charge in [-0.2, -0.15) is 0 Å². The summed E-state index contributed by atoms with van der Waals surface area (Å²) in [6, 6.07) is 4.32. The van der Waals surface area contributed by atoms with E-state index in [9.17, 15) is 14.9 Å². The van der Waals surface area contributed by atoms with Crippen molar-refractivity contribution in [2.45, 2.75) is 13.0 Å². The van der Waals surface area contributed by atoms with Crippen molar-refractivity contribution in [1.29, 1.82) is 0 Å². The zero-order valence-electron chi connectivity index (χ0n) is 11.0. The Balaban J connectivity index is 2.33. The first-order chi connectivity index (χ1) is 9.56. The maximum absolute atomic E-state index is 12.6. The Morgan fingerprint density at radius 3 is 3.00 bits per heavy atom. The first-order valence-corrected chi connectivity index (χ1v) is 6.78. The molecule has 1 aliphatic heterocycles. The summed E-state index contributed by atoms with van der Waals surface area (Å²) in [5, 5.41) is 10.9. The summed E-state index contributed by atoms with van der Waals surface area (Å²) in [6.45, 7) is 2.87.